The summed E-state index contributed by atoms with van der Waals surface area (Å²) in [7, 11) is 0. The van der Waals surface area contributed by atoms with Crippen molar-refractivity contribution in [3.63, 3.8) is 0 Å². The molecule has 4 nitrogen and oxygen atoms in total. The highest BCUT2D eigenvalue weighted by atomic mass is 32.1. The van der Waals surface area contributed by atoms with Gasteiger partial charge in [0.05, 0.1) is 11.1 Å². The number of thiophene rings is 2. The van der Waals surface area contributed by atoms with E-state index in [0.717, 1.165) is 29.9 Å². The van der Waals surface area contributed by atoms with Crippen LogP contribution < -0.4 is 5.32 Å². The summed E-state index contributed by atoms with van der Waals surface area (Å²) in [5.41, 5.74) is 1.72. The first-order chi connectivity index (χ1) is 13.2. The Hall–Kier alpha value is -2.44. The maximum absolute atomic E-state index is 12.5. The van der Waals surface area contributed by atoms with Crippen LogP contribution in [-0.4, -0.2) is 21.7 Å². The summed E-state index contributed by atoms with van der Waals surface area (Å²) < 4.78 is 1.53. The van der Waals surface area contributed by atoms with Crippen LogP contribution in [0.4, 0.5) is 5.82 Å². The highest BCUT2D eigenvalue weighted by Crippen LogP contribution is 2.46. The smallest absolute Gasteiger partial charge is 0.270 e. The average Bonchev–Trinajstić information content (AvgIpc) is 3.15. The van der Waals surface area contributed by atoms with Crippen LogP contribution in [0.2, 0.25) is 0 Å². The Morgan fingerprint density at radius 2 is 1.96 bits per heavy atom. The molecule has 0 spiro atoms. The number of allylic oxidation sites excluding steroid dienone is 2. The molecule has 1 fully saturated rings. The molecule has 0 saturated heterocycles. The van der Waals surface area contributed by atoms with Crippen molar-refractivity contribution in [3.8, 4) is 0 Å². The van der Waals surface area contributed by atoms with E-state index < -0.39 is 0 Å². The van der Waals surface area contributed by atoms with Gasteiger partial charge < -0.3 is 5.32 Å². The second kappa shape index (κ2) is 6.32. The molecule has 3 aromatic rings. The third kappa shape index (κ3) is 2.71. The Kier molecular flexibility index (Phi) is 3.91. The first-order valence-electron chi connectivity index (χ1n) is 9.04. The summed E-state index contributed by atoms with van der Waals surface area (Å²) in [5, 5.41) is 12.3. The number of hydrogen-bond donors (Lipinski definition) is 1. The molecule has 5 rings (SSSR count). The first kappa shape index (κ1) is 16.7. The van der Waals surface area contributed by atoms with Gasteiger partial charge >= 0.3 is 0 Å². The number of rotatable bonds is 5. The van der Waals surface area contributed by atoms with Crippen LogP contribution in [-0.2, 0) is 11.8 Å². The lowest BCUT2D eigenvalue weighted by Gasteiger charge is -2.32. The fraction of sp³-hybridized carbons (Fsp3) is 0.238. The monoisotopic (exact) mass is 393 g/mol. The van der Waals surface area contributed by atoms with E-state index in [1.165, 1.54) is 20.5 Å². The lowest BCUT2D eigenvalue weighted by Crippen LogP contribution is -2.30. The standard InChI is InChI=1S/C21H19N3OS2/c1-2-19(25)24-16-13-21(17-5-3-11-26-17,18-6-4-12-27-18)10-9-15(16)20(23-24)22-14-7-8-14/h2-6,9-12,14H,1,7-8,13H2,(H,22,23). The van der Waals surface area contributed by atoms with Crippen molar-refractivity contribution < 1.29 is 4.79 Å². The zero-order valence-corrected chi connectivity index (χ0v) is 16.4. The predicted molar refractivity (Wildman–Crippen MR) is 112 cm³/mol. The van der Waals surface area contributed by atoms with Crippen molar-refractivity contribution in [1.29, 1.82) is 0 Å². The summed E-state index contributed by atoms with van der Waals surface area (Å²) >= 11 is 3.51. The molecule has 0 radical (unpaired) electrons. The number of nitrogens with zero attached hydrogens (tertiary/aromatic N) is 2. The van der Waals surface area contributed by atoms with Crippen LogP contribution in [0.5, 0.6) is 0 Å². The second-order valence-electron chi connectivity index (χ2n) is 7.02. The fourth-order valence-corrected chi connectivity index (χ4v) is 5.59. The Morgan fingerprint density at radius 1 is 1.26 bits per heavy atom. The topological polar surface area (TPSA) is 46.9 Å². The van der Waals surface area contributed by atoms with Gasteiger partial charge in [0.25, 0.3) is 5.91 Å². The van der Waals surface area contributed by atoms with Gasteiger partial charge in [-0.3, -0.25) is 4.79 Å². The molecule has 1 N–H and O–H groups in total. The molecule has 0 amide bonds. The Bertz CT molecular complexity index is 990. The maximum Gasteiger partial charge on any atom is 0.270 e. The summed E-state index contributed by atoms with van der Waals surface area (Å²) in [4.78, 5) is 15.1. The Balaban J connectivity index is 1.67. The largest absolute Gasteiger partial charge is 0.365 e. The minimum atomic E-state index is -0.259. The zero-order chi connectivity index (χ0) is 18.4. The van der Waals surface area contributed by atoms with Gasteiger partial charge in [0, 0.05) is 27.8 Å². The minimum absolute atomic E-state index is 0.184. The van der Waals surface area contributed by atoms with Crippen molar-refractivity contribution in [1.82, 2.24) is 9.78 Å². The van der Waals surface area contributed by atoms with Gasteiger partial charge in [0.1, 0.15) is 0 Å². The van der Waals surface area contributed by atoms with Gasteiger partial charge in [-0.15, -0.1) is 27.8 Å². The van der Waals surface area contributed by atoms with E-state index in [4.69, 9.17) is 0 Å². The van der Waals surface area contributed by atoms with Crippen LogP contribution in [0.15, 0.2) is 53.8 Å². The molecule has 3 heterocycles. The molecule has 2 aliphatic carbocycles. The molecule has 3 aromatic heterocycles. The molecular weight excluding hydrogens is 374 g/mol. The molecule has 1 saturated carbocycles. The quantitative estimate of drug-likeness (QED) is 0.623. The third-order valence-corrected chi connectivity index (χ3v) is 7.32. The highest BCUT2D eigenvalue weighted by Gasteiger charge is 2.40. The summed E-state index contributed by atoms with van der Waals surface area (Å²) in [5.74, 6) is 0.626. The van der Waals surface area contributed by atoms with Gasteiger partial charge in [-0.05, 0) is 41.8 Å². The van der Waals surface area contributed by atoms with Crippen LogP contribution in [0.3, 0.4) is 0 Å². The number of carbonyl (C=O) groups is 1. The van der Waals surface area contributed by atoms with Gasteiger partial charge in [0.2, 0.25) is 0 Å². The fourth-order valence-electron chi connectivity index (χ4n) is 3.68. The van der Waals surface area contributed by atoms with E-state index in [-0.39, 0.29) is 11.3 Å². The van der Waals surface area contributed by atoms with Crippen molar-refractivity contribution in [2.75, 3.05) is 5.32 Å². The lowest BCUT2D eigenvalue weighted by molar-refractivity contribution is 0.0950. The van der Waals surface area contributed by atoms with E-state index in [1.54, 1.807) is 22.7 Å². The van der Waals surface area contributed by atoms with E-state index in [0.29, 0.717) is 12.5 Å². The number of hydrogen-bond acceptors (Lipinski definition) is 5. The van der Waals surface area contributed by atoms with E-state index in [9.17, 15) is 4.79 Å². The summed E-state index contributed by atoms with van der Waals surface area (Å²) in [6.45, 7) is 3.66. The van der Waals surface area contributed by atoms with Crippen LogP contribution >= 0.6 is 22.7 Å². The molecule has 0 aliphatic heterocycles. The Labute approximate surface area is 165 Å². The molecule has 6 heteroatoms. The maximum atomic E-state index is 12.5. The van der Waals surface area contributed by atoms with E-state index in [2.05, 4.69) is 64.2 Å². The van der Waals surface area contributed by atoms with Crippen molar-refractivity contribution in [3.05, 3.63) is 74.8 Å². The number of nitrogens with one attached hydrogen (secondary N) is 1. The lowest BCUT2D eigenvalue weighted by atomic mass is 9.76. The molecule has 27 heavy (non-hydrogen) atoms. The van der Waals surface area contributed by atoms with Gasteiger partial charge in [0.15, 0.2) is 5.82 Å². The van der Waals surface area contributed by atoms with Crippen molar-refractivity contribution in [2.45, 2.75) is 30.7 Å². The van der Waals surface area contributed by atoms with Gasteiger partial charge in [-0.1, -0.05) is 30.9 Å². The molecule has 2 aliphatic rings. The average molecular weight is 394 g/mol. The molecule has 0 bridgehead atoms. The van der Waals surface area contributed by atoms with Crippen LogP contribution in [0, 0.1) is 0 Å². The van der Waals surface area contributed by atoms with Crippen molar-refractivity contribution in [2.24, 2.45) is 0 Å². The Morgan fingerprint density at radius 3 is 2.52 bits per heavy atom. The van der Waals surface area contributed by atoms with Gasteiger partial charge in [-0.2, -0.15) is 4.68 Å². The summed E-state index contributed by atoms with van der Waals surface area (Å²) in [6, 6.07) is 9.01. The SMILES string of the molecule is C=CC(=O)n1nc(NC2CC2)c2c1CC(c1cccs1)(c1cccs1)C=C2. The molecule has 0 atom stereocenters. The zero-order valence-electron chi connectivity index (χ0n) is 14.7. The van der Waals surface area contributed by atoms with E-state index >= 15 is 0 Å². The third-order valence-electron chi connectivity index (χ3n) is 5.23. The highest BCUT2D eigenvalue weighted by molar-refractivity contribution is 7.11. The van der Waals surface area contributed by atoms with Crippen molar-refractivity contribution >= 4 is 40.5 Å². The first-order valence-corrected chi connectivity index (χ1v) is 10.8. The number of fused-ring (bicyclic) bond motifs is 1. The normalized spacial score (nSPS) is 17.5. The molecular formula is C21H19N3OS2. The predicted octanol–water partition coefficient (Wildman–Crippen LogP) is 4.96. The number of carbonyl (C=O) groups excluding carboxylic acids is 1. The molecule has 0 aromatic carbocycles. The summed E-state index contributed by atoms with van der Waals surface area (Å²) in [6.07, 6.45) is 8.80. The van der Waals surface area contributed by atoms with Crippen LogP contribution in [0.1, 0.15) is 38.6 Å². The van der Waals surface area contributed by atoms with Crippen LogP contribution in [0.25, 0.3) is 6.08 Å². The second-order valence-corrected chi connectivity index (χ2v) is 8.91. The van der Waals surface area contributed by atoms with Gasteiger partial charge in [-0.25, -0.2) is 0 Å². The molecule has 136 valence electrons. The molecule has 0 unspecified atom stereocenters. The van der Waals surface area contributed by atoms with E-state index in [1.807, 2.05) is 0 Å². The number of aromatic nitrogens is 2. The minimum Gasteiger partial charge on any atom is -0.365 e. The number of anilines is 1.